The molecule has 2 aromatic carbocycles. The molecule has 23 heavy (non-hydrogen) atoms. The van der Waals surface area contributed by atoms with Gasteiger partial charge in [0.2, 0.25) is 0 Å². The third-order valence-electron chi connectivity index (χ3n) is 3.38. The average molecular weight is 325 g/mol. The van der Waals surface area contributed by atoms with Crippen molar-refractivity contribution in [1.29, 1.82) is 0 Å². The Morgan fingerprint density at radius 2 is 1.48 bits per heavy atom. The van der Waals surface area contributed by atoms with E-state index in [-0.39, 0.29) is 5.25 Å². The van der Waals surface area contributed by atoms with Crippen molar-refractivity contribution in [3.8, 4) is 0 Å². The van der Waals surface area contributed by atoms with Gasteiger partial charge >= 0.3 is 11.1 Å². The van der Waals surface area contributed by atoms with Crippen molar-refractivity contribution in [3.05, 3.63) is 92.5 Å². The molecule has 0 aliphatic carbocycles. The lowest BCUT2D eigenvalue weighted by Gasteiger charge is -2.18. The summed E-state index contributed by atoms with van der Waals surface area (Å²) >= 11 is 1.43. The molecule has 0 unspecified atom stereocenters. The monoisotopic (exact) mass is 325 g/mol. The minimum atomic E-state index is -0.773. The van der Waals surface area contributed by atoms with Crippen LogP contribution in [0.4, 0.5) is 0 Å². The second-order valence-corrected chi connectivity index (χ2v) is 6.09. The summed E-state index contributed by atoms with van der Waals surface area (Å²) in [5.41, 5.74) is 0.714. The van der Waals surface area contributed by atoms with Crippen molar-refractivity contribution >= 4 is 11.8 Å². The SMILES string of the molecule is Cn1[nH]c(=O)c(=O)nc1SC(c1ccccc1)c1ccccc1. The second-order valence-electron chi connectivity index (χ2n) is 5.02. The molecule has 1 heterocycles. The maximum atomic E-state index is 11.6. The molecule has 0 aliphatic rings. The molecule has 0 fully saturated rings. The minimum Gasteiger partial charge on any atom is -0.265 e. The van der Waals surface area contributed by atoms with Gasteiger partial charge < -0.3 is 0 Å². The number of H-pyrrole nitrogens is 1. The van der Waals surface area contributed by atoms with Crippen LogP contribution in [0.15, 0.2) is 75.4 Å². The average Bonchev–Trinajstić information content (AvgIpc) is 2.58. The fraction of sp³-hybridized carbons (Fsp3) is 0.118. The van der Waals surface area contributed by atoms with Gasteiger partial charge in [0.05, 0.1) is 5.25 Å². The van der Waals surface area contributed by atoms with E-state index in [1.165, 1.54) is 16.4 Å². The van der Waals surface area contributed by atoms with E-state index >= 15 is 0 Å². The van der Waals surface area contributed by atoms with Gasteiger partial charge in [-0.1, -0.05) is 72.4 Å². The Balaban J connectivity index is 2.05. The highest BCUT2D eigenvalue weighted by Crippen LogP contribution is 2.38. The first-order valence-corrected chi connectivity index (χ1v) is 7.97. The van der Waals surface area contributed by atoms with Gasteiger partial charge in [-0.25, -0.2) is 0 Å². The zero-order valence-corrected chi connectivity index (χ0v) is 13.3. The van der Waals surface area contributed by atoms with Crippen LogP contribution in [-0.4, -0.2) is 14.8 Å². The molecular formula is C17H15N3O2S. The zero-order valence-electron chi connectivity index (χ0n) is 12.5. The number of nitrogens with one attached hydrogen (secondary N) is 1. The highest BCUT2D eigenvalue weighted by Gasteiger charge is 2.18. The fourth-order valence-electron chi connectivity index (χ4n) is 2.26. The number of benzene rings is 2. The van der Waals surface area contributed by atoms with E-state index in [1.54, 1.807) is 7.05 Å². The van der Waals surface area contributed by atoms with Crippen molar-refractivity contribution in [2.45, 2.75) is 10.4 Å². The van der Waals surface area contributed by atoms with Gasteiger partial charge in [0, 0.05) is 7.05 Å². The van der Waals surface area contributed by atoms with Crippen LogP contribution >= 0.6 is 11.8 Å². The molecule has 1 N–H and O–H groups in total. The first kappa shape index (κ1) is 15.3. The molecule has 6 heteroatoms. The lowest BCUT2D eigenvalue weighted by Crippen LogP contribution is -2.34. The second kappa shape index (κ2) is 6.66. The number of nitrogens with zero attached hydrogens (tertiary/aromatic N) is 2. The Labute approximate surface area is 137 Å². The van der Waals surface area contributed by atoms with E-state index in [0.29, 0.717) is 5.16 Å². The highest BCUT2D eigenvalue weighted by molar-refractivity contribution is 7.99. The van der Waals surface area contributed by atoms with Crippen molar-refractivity contribution in [1.82, 2.24) is 14.8 Å². The maximum Gasteiger partial charge on any atom is 0.339 e. The Bertz CT molecular complexity index is 865. The minimum absolute atomic E-state index is 0.0265. The molecule has 3 rings (SSSR count). The van der Waals surface area contributed by atoms with Crippen LogP contribution in [0.3, 0.4) is 0 Å². The Hall–Kier alpha value is -2.60. The fourth-order valence-corrected chi connectivity index (χ4v) is 3.39. The third kappa shape index (κ3) is 3.43. The number of rotatable bonds is 4. The molecule has 3 aromatic rings. The molecule has 5 nitrogen and oxygen atoms in total. The first-order valence-electron chi connectivity index (χ1n) is 7.09. The van der Waals surface area contributed by atoms with E-state index < -0.39 is 11.1 Å². The summed E-state index contributed by atoms with van der Waals surface area (Å²) in [6, 6.07) is 20.0. The van der Waals surface area contributed by atoms with E-state index in [9.17, 15) is 9.59 Å². The molecule has 0 saturated carbocycles. The van der Waals surface area contributed by atoms with Crippen LogP contribution in [0.5, 0.6) is 0 Å². The maximum absolute atomic E-state index is 11.6. The van der Waals surface area contributed by atoms with Crippen molar-refractivity contribution in [3.63, 3.8) is 0 Å². The Kier molecular flexibility index (Phi) is 4.43. The van der Waals surface area contributed by atoms with Gasteiger partial charge in [-0.2, -0.15) is 4.98 Å². The predicted molar refractivity (Wildman–Crippen MR) is 90.7 cm³/mol. The number of thioether (sulfide) groups is 1. The first-order chi connectivity index (χ1) is 11.1. The lowest BCUT2D eigenvalue weighted by atomic mass is 10.0. The molecule has 0 amide bonds. The normalized spacial score (nSPS) is 10.9. The molecule has 116 valence electrons. The van der Waals surface area contributed by atoms with Crippen LogP contribution in [0.1, 0.15) is 16.4 Å². The van der Waals surface area contributed by atoms with E-state index in [4.69, 9.17) is 0 Å². The predicted octanol–water partition coefficient (Wildman–Crippen LogP) is 2.35. The number of aromatic amines is 1. The molecular weight excluding hydrogens is 310 g/mol. The summed E-state index contributed by atoms with van der Waals surface area (Å²) in [4.78, 5) is 26.8. The standard InChI is InChI=1S/C17H15N3O2S/c1-20-17(18-15(21)16(22)19-20)23-14(12-8-4-2-5-9-12)13-10-6-3-7-11-13/h2-11,14H,1H3,(H,19,22). The van der Waals surface area contributed by atoms with Gasteiger partial charge in [-0.3, -0.25) is 19.4 Å². The van der Waals surface area contributed by atoms with Crippen molar-refractivity contribution in [2.24, 2.45) is 7.05 Å². The molecule has 0 spiro atoms. The van der Waals surface area contributed by atoms with E-state index in [0.717, 1.165) is 11.1 Å². The molecule has 0 aliphatic heterocycles. The summed E-state index contributed by atoms with van der Waals surface area (Å²) in [5, 5.41) is 2.92. The molecule has 0 radical (unpaired) electrons. The van der Waals surface area contributed by atoms with Gasteiger partial charge in [0.15, 0.2) is 5.16 Å². The van der Waals surface area contributed by atoms with Gasteiger partial charge in [0.1, 0.15) is 0 Å². The Morgan fingerprint density at radius 3 is 2.00 bits per heavy atom. The van der Waals surface area contributed by atoms with E-state index in [2.05, 4.69) is 10.1 Å². The number of hydrogen-bond donors (Lipinski definition) is 1. The summed E-state index contributed by atoms with van der Waals surface area (Å²) in [7, 11) is 1.67. The topological polar surface area (TPSA) is 67.8 Å². The highest BCUT2D eigenvalue weighted by atomic mass is 32.2. The summed E-state index contributed by atoms with van der Waals surface area (Å²) in [5.74, 6) is 0. The van der Waals surface area contributed by atoms with Crippen LogP contribution in [0.2, 0.25) is 0 Å². The van der Waals surface area contributed by atoms with Gasteiger partial charge in [-0.05, 0) is 11.1 Å². The zero-order chi connectivity index (χ0) is 16.2. The largest absolute Gasteiger partial charge is 0.339 e. The van der Waals surface area contributed by atoms with Crippen LogP contribution < -0.4 is 11.1 Å². The smallest absolute Gasteiger partial charge is 0.265 e. The number of hydrogen-bond acceptors (Lipinski definition) is 4. The quantitative estimate of drug-likeness (QED) is 0.590. The molecule has 0 saturated heterocycles. The number of aryl methyl sites for hydroxylation is 1. The van der Waals surface area contributed by atoms with Crippen LogP contribution in [0.25, 0.3) is 0 Å². The summed E-state index contributed by atoms with van der Waals surface area (Å²) in [6.45, 7) is 0. The van der Waals surface area contributed by atoms with Crippen molar-refractivity contribution in [2.75, 3.05) is 0 Å². The third-order valence-corrected chi connectivity index (χ3v) is 4.73. The van der Waals surface area contributed by atoms with E-state index in [1.807, 2.05) is 60.7 Å². The summed E-state index contributed by atoms with van der Waals surface area (Å²) < 4.78 is 1.48. The lowest BCUT2D eigenvalue weighted by molar-refractivity contribution is 0.595. The van der Waals surface area contributed by atoms with Crippen LogP contribution in [-0.2, 0) is 7.05 Å². The van der Waals surface area contributed by atoms with Crippen LogP contribution in [0, 0.1) is 0 Å². The van der Waals surface area contributed by atoms with Gasteiger partial charge in [-0.15, -0.1) is 0 Å². The van der Waals surface area contributed by atoms with Gasteiger partial charge in [0.25, 0.3) is 0 Å². The Morgan fingerprint density at radius 1 is 0.957 bits per heavy atom. The van der Waals surface area contributed by atoms with Crippen molar-refractivity contribution < 1.29 is 0 Å². The summed E-state index contributed by atoms with van der Waals surface area (Å²) in [6.07, 6.45) is 0. The molecule has 0 atom stereocenters. The molecule has 1 aromatic heterocycles. The number of aromatic nitrogens is 3. The molecule has 0 bridgehead atoms.